The third-order valence-corrected chi connectivity index (χ3v) is 6.70. The number of alkyl halides is 2. The van der Waals surface area contributed by atoms with Gasteiger partial charge in [0.1, 0.15) is 12.3 Å². The zero-order valence-electron chi connectivity index (χ0n) is 21.9. The average Bonchev–Trinajstić information content (AvgIpc) is 3.20. The zero-order chi connectivity index (χ0) is 28.3. The Kier molecular flexibility index (Phi) is 8.55. The number of nitrogens with zero attached hydrogens (tertiary/aromatic N) is 1. The molecule has 0 saturated heterocycles. The normalized spacial score (nSPS) is 12.6. The second-order valence-electron chi connectivity index (χ2n) is 10.2. The van der Waals surface area contributed by atoms with Crippen LogP contribution in [0.1, 0.15) is 34.0 Å². The van der Waals surface area contributed by atoms with Gasteiger partial charge in [0.15, 0.2) is 12.4 Å². The second-order valence-corrected chi connectivity index (χ2v) is 11.8. The van der Waals surface area contributed by atoms with Crippen LogP contribution in [0.25, 0.3) is 11.1 Å². The van der Waals surface area contributed by atoms with Crippen molar-refractivity contribution in [2.75, 3.05) is 27.7 Å². The number of rotatable bonds is 8. The molecule has 1 aliphatic carbocycles. The lowest BCUT2D eigenvalue weighted by molar-refractivity contribution is -0.884. The molecule has 1 N–H and O–H groups in total. The number of hydrogen-bond donors (Lipinski definition) is 1. The van der Waals surface area contributed by atoms with E-state index in [2.05, 4.69) is 58.1 Å². The Labute approximate surface area is 222 Å². The van der Waals surface area contributed by atoms with E-state index >= 15 is 0 Å². The zero-order valence-corrected chi connectivity index (χ0v) is 22.7. The first kappa shape index (κ1) is 29.2. The van der Waals surface area contributed by atoms with Crippen LogP contribution in [-0.4, -0.2) is 56.2 Å². The van der Waals surface area contributed by atoms with E-state index in [0.717, 1.165) is 22.2 Å². The highest BCUT2D eigenvalue weighted by Crippen LogP contribution is 2.43. The summed E-state index contributed by atoms with van der Waals surface area (Å²) < 4.78 is 63.8. The number of benzene rings is 3. The van der Waals surface area contributed by atoms with E-state index in [9.17, 15) is 22.0 Å². The highest BCUT2D eigenvalue weighted by molar-refractivity contribution is 7.86. The van der Waals surface area contributed by atoms with Gasteiger partial charge < -0.3 is 9.22 Å². The number of ketones is 1. The van der Waals surface area contributed by atoms with Gasteiger partial charge in [0.25, 0.3) is 0 Å². The first-order valence-corrected chi connectivity index (χ1v) is 13.3. The Morgan fingerprint density at radius 3 is 2.18 bits per heavy atom. The van der Waals surface area contributed by atoms with Crippen molar-refractivity contribution >= 4 is 15.9 Å². The molecule has 0 heterocycles. The van der Waals surface area contributed by atoms with Crippen LogP contribution in [0.5, 0.6) is 5.75 Å². The minimum Gasteiger partial charge on any atom is -0.485 e. The molecule has 0 aliphatic heterocycles. The molecular weight excluding hydrogens is 512 g/mol. The van der Waals surface area contributed by atoms with Crippen LogP contribution in [0.2, 0.25) is 0 Å². The molecule has 0 radical (unpaired) electrons. The van der Waals surface area contributed by atoms with E-state index in [4.69, 9.17) is 9.29 Å². The largest absolute Gasteiger partial charge is 0.485 e. The molecular formula is C29H32F2NO5S+. The fourth-order valence-corrected chi connectivity index (χ4v) is 4.33. The van der Waals surface area contributed by atoms with Crippen LogP contribution in [0.4, 0.5) is 8.78 Å². The smallest absolute Gasteiger partial charge is 0.402 e. The van der Waals surface area contributed by atoms with Crippen molar-refractivity contribution < 1.29 is 35.8 Å². The number of halogens is 2. The quantitative estimate of drug-likeness (QED) is 0.132. The van der Waals surface area contributed by atoms with E-state index in [0.29, 0.717) is 17.5 Å². The van der Waals surface area contributed by atoms with Crippen LogP contribution in [-0.2, 0) is 23.1 Å². The number of carbonyl (C=O) groups is 1. The lowest BCUT2D eigenvalue weighted by atomic mass is 9.97. The van der Waals surface area contributed by atoms with Gasteiger partial charge in [-0.15, -0.1) is 0 Å². The van der Waals surface area contributed by atoms with Crippen molar-refractivity contribution in [3.05, 3.63) is 101 Å². The summed E-state index contributed by atoms with van der Waals surface area (Å²) in [4.78, 5) is 12.4. The molecule has 0 fully saturated rings. The van der Waals surface area contributed by atoms with E-state index in [-0.39, 0.29) is 16.9 Å². The first-order chi connectivity index (χ1) is 17.6. The molecule has 0 saturated carbocycles. The van der Waals surface area contributed by atoms with Crippen molar-refractivity contribution in [3.63, 3.8) is 0 Å². The molecule has 38 heavy (non-hydrogen) atoms. The topological polar surface area (TPSA) is 80.7 Å². The van der Waals surface area contributed by atoms with Gasteiger partial charge in [0.2, 0.25) is 0 Å². The summed E-state index contributed by atoms with van der Waals surface area (Å²) in [5, 5.41) is -4.51. The highest BCUT2D eigenvalue weighted by atomic mass is 32.2. The Bertz CT molecular complexity index is 1450. The van der Waals surface area contributed by atoms with E-state index < -0.39 is 27.8 Å². The Morgan fingerprint density at radius 2 is 1.61 bits per heavy atom. The van der Waals surface area contributed by atoms with Gasteiger partial charge in [-0.25, -0.2) is 0 Å². The monoisotopic (exact) mass is 544 g/mol. The standard InChI is InChI=1S/C19H16F2O5S.C10H16N/c1-11(2)17(22)15-8-7-14-13-6-4-3-5-12(13)9-16(14)18(15)26-10-19(20,21)27(23,24)25;1-11(2,3)9-10-7-5-4-6-8-10/h3-8H,1,9-10H2,2H3,(H,23,24,25);4-8H,9H2,1-3H3/q;+1. The van der Waals surface area contributed by atoms with Gasteiger partial charge in [0, 0.05) is 17.5 Å². The number of quaternary nitrogens is 1. The number of hydrogen-bond acceptors (Lipinski definition) is 4. The Hall–Kier alpha value is -3.40. The van der Waals surface area contributed by atoms with Gasteiger partial charge >= 0.3 is 15.4 Å². The van der Waals surface area contributed by atoms with Crippen molar-refractivity contribution in [2.45, 2.75) is 25.1 Å². The minimum atomic E-state index is -5.65. The number of Topliss-reactive ketones (excluding diaryl/α,β-unsaturated/α-hetero) is 1. The van der Waals surface area contributed by atoms with Crippen molar-refractivity contribution in [2.24, 2.45) is 0 Å². The Balaban J connectivity index is 0.000000304. The molecule has 0 aromatic heterocycles. The summed E-state index contributed by atoms with van der Waals surface area (Å²) >= 11 is 0. The van der Waals surface area contributed by atoms with Gasteiger partial charge in [-0.1, -0.05) is 67.2 Å². The number of allylic oxidation sites excluding steroid dienone is 1. The molecule has 1 aliphatic rings. The van der Waals surface area contributed by atoms with Gasteiger partial charge in [0.05, 0.1) is 26.7 Å². The average molecular weight is 545 g/mol. The summed E-state index contributed by atoms with van der Waals surface area (Å²) in [7, 11) is 0.954. The number of carbonyl (C=O) groups excluding carboxylic acids is 1. The highest BCUT2D eigenvalue weighted by Gasteiger charge is 2.45. The lowest BCUT2D eigenvalue weighted by Gasteiger charge is -2.23. The summed E-state index contributed by atoms with van der Waals surface area (Å²) in [5.41, 5.74) is 4.63. The molecule has 0 spiro atoms. The molecule has 202 valence electrons. The Morgan fingerprint density at radius 1 is 1.00 bits per heavy atom. The maximum Gasteiger partial charge on any atom is 0.402 e. The SMILES string of the molecule is C=C(C)C(=O)c1ccc2c(c1OCC(F)(F)S(=O)(=O)O)Cc1ccccc1-2.C[N+](C)(C)Cc1ccccc1. The minimum absolute atomic E-state index is 0.0141. The number of ether oxygens (including phenoxy) is 1. The predicted molar refractivity (Wildman–Crippen MR) is 144 cm³/mol. The van der Waals surface area contributed by atoms with Crippen LogP contribution in [0.3, 0.4) is 0 Å². The number of fused-ring (bicyclic) bond motifs is 3. The van der Waals surface area contributed by atoms with E-state index in [1.165, 1.54) is 18.6 Å². The second kappa shape index (κ2) is 11.1. The molecule has 0 bridgehead atoms. The fraction of sp³-hybridized carbons (Fsp3) is 0.276. The first-order valence-electron chi connectivity index (χ1n) is 11.9. The third kappa shape index (κ3) is 6.92. The van der Waals surface area contributed by atoms with Crippen molar-refractivity contribution in [1.29, 1.82) is 0 Å². The summed E-state index contributed by atoms with van der Waals surface area (Å²) in [6.07, 6.45) is 0.343. The third-order valence-electron chi connectivity index (χ3n) is 5.83. The van der Waals surface area contributed by atoms with Crippen molar-refractivity contribution in [1.82, 2.24) is 0 Å². The lowest BCUT2D eigenvalue weighted by Crippen LogP contribution is -2.35. The molecule has 3 aromatic rings. The molecule has 0 unspecified atom stereocenters. The van der Waals surface area contributed by atoms with Gasteiger partial charge in [-0.05, 0) is 35.3 Å². The summed E-state index contributed by atoms with van der Waals surface area (Å²) in [6, 6.07) is 21.1. The predicted octanol–water partition coefficient (Wildman–Crippen LogP) is 5.77. The van der Waals surface area contributed by atoms with Crippen molar-refractivity contribution in [3.8, 4) is 16.9 Å². The van der Waals surface area contributed by atoms with E-state index in [1.54, 1.807) is 6.07 Å². The molecule has 0 atom stereocenters. The maximum absolute atomic E-state index is 13.7. The molecule has 0 amide bonds. The summed E-state index contributed by atoms with van der Waals surface area (Å²) in [5.74, 6) is -0.626. The van der Waals surface area contributed by atoms with E-state index in [1.807, 2.05) is 24.3 Å². The maximum atomic E-state index is 13.7. The van der Waals surface area contributed by atoms with Gasteiger partial charge in [-0.3, -0.25) is 9.35 Å². The van der Waals surface area contributed by atoms with Crippen LogP contribution in [0.15, 0.2) is 78.9 Å². The molecule has 9 heteroatoms. The molecule has 6 nitrogen and oxygen atoms in total. The van der Waals surface area contributed by atoms with Crippen LogP contribution < -0.4 is 4.74 Å². The molecule has 4 rings (SSSR count). The van der Waals surface area contributed by atoms with Crippen LogP contribution in [0, 0.1) is 0 Å². The van der Waals surface area contributed by atoms with Gasteiger partial charge in [-0.2, -0.15) is 17.2 Å². The van der Waals surface area contributed by atoms with Crippen LogP contribution >= 0.6 is 0 Å². The molecule has 3 aromatic carbocycles. The fourth-order valence-electron chi connectivity index (χ4n) is 4.12. The summed E-state index contributed by atoms with van der Waals surface area (Å²) in [6.45, 7) is 4.52.